The van der Waals surface area contributed by atoms with Crippen LogP contribution in [0.3, 0.4) is 0 Å². The number of nitrogens with one attached hydrogen (secondary N) is 6. The van der Waals surface area contributed by atoms with Gasteiger partial charge in [-0.1, -0.05) is 30.7 Å². The average molecular weight is 1010 g/mol. The fourth-order valence-corrected chi connectivity index (χ4v) is 9.50. The normalized spacial score (nSPS) is 17.6. The minimum atomic E-state index is -1.68. The van der Waals surface area contributed by atoms with Crippen LogP contribution in [0, 0.1) is 10.1 Å². The number of urea groups is 1. The van der Waals surface area contributed by atoms with Gasteiger partial charge < -0.3 is 65.9 Å². The van der Waals surface area contributed by atoms with Crippen molar-refractivity contribution >= 4 is 64.4 Å². The highest BCUT2D eigenvalue weighted by atomic mass is 32.2. The van der Waals surface area contributed by atoms with Gasteiger partial charge in [0.05, 0.1) is 68.9 Å². The Bertz CT molecular complexity index is 2600. The van der Waals surface area contributed by atoms with Crippen LogP contribution < -0.4 is 46.5 Å². The van der Waals surface area contributed by atoms with Crippen LogP contribution in [0.5, 0.6) is 17.4 Å². The molecule has 4 aromatic rings. The highest BCUT2D eigenvalue weighted by molar-refractivity contribution is 8.00. The van der Waals surface area contributed by atoms with Crippen molar-refractivity contribution < 1.29 is 52.6 Å². The molecule has 0 saturated carbocycles. The molecule has 3 aliphatic rings. The lowest BCUT2D eigenvalue weighted by Crippen LogP contribution is -2.47. The number of carbonyl (C=O) groups is 5. The maximum Gasteiger partial charge on any atom is 0.407 e. The number of H-pyrrole nitrogens is 1. The Morgan fingerprint density at radius 2 is 1.76 bits per heavy atom. The summed E-state index contributed by atoms with van der Waals surface area (Å²) in [4.78, 5) is 94.0. The lowest BCUT2D eigenvalue weighted by atomic mass is 9.99. The minimum absolute atomic E-state index is 0.00259. The van der Waals surface area contributed by atoms with E-state index in [1.807, 2.05) is 11.8 Å². The lowest BCUT2D eigenvalue weighted by Gasteiger charge is -2.31. The summed E-state index contributed by atoms with van der Waals surface area (Å²) in [6.07, 6.45) is 3.32. The summed E-state index contributed by atoms with van der Waals surface area (Å²) in [6.45, 7) is 1.14. The molecule has 5 heterocycles. The van der Waals surface area contributed by atoms with Crippen molar-refractivity contribution in [2.24, 2.45) is 10.2 Å². The molecule has 380 valence electrons. The van der Waals surface area contributed by atoms with E-state index >= 15 is 0 Å². The van der Waals surface area contributed by atoms with Crippen LogP contribution in [0.15, 0.2) is 53.0 Å². The van der Waals surface area contributed by atoms with Crippen LogP contribution in [-0.2, 0) is 37.0 Å². The molecule has 4 unspecified atom stereocenters. The number of amides is 6. The number of alkyl carbamates (subject to hydrolysis) is 1. The highest BCUT2D eigenvalue weighted by Gasteiger charge is 2.43. The van der Waals surface area contributed by atoms with Crippen LogP contribution in [0.25, 0.3) is 11.2 Å². The Kier molecular flexibility index (Phi) is 17.2. The third kappa shape index (κ3) is 13.8. The van der Waals surface area contributed by atoms with Gasteiger partial charge in [-0.2, -0.15) is 32.0 Å². The molecule has 26 nitrogen and oxygen atoms in total. The summed E-state index contributed by atoms with van der Waals surface area (Å²) in [5.41, 5.74) is 6.59. The molecule has 6 amide bonds. The maximum absolute atomic E-state index is 14.4. The summed E-state index contributed by atoms with van der Waals surface area (Å²) >= 11 is 1.83. The summed E-state index contributed by atoms with van der Waals surface area (Å²) in [6, 6.07) is 7.94. The van der Waals surface area contributed by atoms with Gasteiger partial charge in [-0.25, -0.2) is 14.6 Å². The number of thioether (sulfide) groups is 1. The van der Waals surface area contributed by atoms with Gasteiger partial charge in [0.2, 0.25) is 29.5 Å². The minimum Gasteiger partial charge on any atom is -0.493 e. The van der Waals surface area contributed by atoms with Gasteiger partial charge in [0.25, 0.3) is 5.69 Å². The number of aromatic amines is 1. The SMILES string of the molecule is COc1cc(C(C(=O)NCC(=O)NCc2ccc(COc3nc(N)nc4[nH]cnc34)cc2)N(CCOCCOC(=O)NCCCCC2SCC3NC(=O)NC32)C(=O)CCC2(C)N=N2)c([N+](=O)[O-])cc1OC. The molecule has 0 spiro atoms. The summed E-state index contributed by atoms with van der Waals surface area (Å²) < 4.78 is 27.6. The van der Waals surface area contributed by atoms with E-state index in [1.54, 1.807) is 31.2 Å². The number of rotatable bonds is 27. The Morgan fingerprint density at radius 1 is 1.00 bits per heavy atom. The Balaban J connectivity index is 0.942. The molecular formula is C44H56N14O12S. The zero-order valence-electron chi connectivity index (χ0n) is 39.3. The van der Waals surface area contributed by atoms with E-state index in [2.05, 4.69) is 56.7 Å². The molecule has 0 radical (unpaired) electrons. The third-order valence-electron chi connectivity index (χ3n) is 11.8. The number of unbranched alkanes of at least 4 members (excludes halogenated alkanes) is 1. The number of hydrogen-bond acceptors (Lipinski definition) is 19. The Hall–Kier alpha value is -7.55. The molecule has 7 rings (SSSR count). The van der Waals surface area contributed by atoms with Gasteiger partial charge >= 0.3 is 12.1 Å². The number of nitrogens with two attached hydrogens (primary N) is 1. The fourth-order valence-electron chi connectivity index (χ4n) is 7.95. The molecule has 27 heteroatoms. The molecular weight excluding hydrogens is 949 g/mol. The quantitative estimate of drug-likeness (QED) is 0.0195. The highest BCUT2D eigenvalue weighted by Crippen LogP contribution is 2.40. The molecule has 2 saturated heterocycles. The topological polar surface area (TPSA) is 343 Å². The van der Waals surface area contributed by atoms with E-state index in [4.69, 9.17) is 29.4 Å². The second kappa shape index (κ2) is 23.8. The molecule has 8 N–H and O–H groups in total. The van der Waals surface area contributed by atoms with Gasteiger partial charge in [0.15, 0.2) is 28.3 Å². The van der Waals surface area contributed by atoms with E-state index in [-0.39, 0.29) is 99.4 Å². The third-order valence-corrected chi connectivity index (χ3v) is 13.3. The van der Waals surface area contributed by atoms with Crippen molar-refractivity contribution in [1.82, 2.24) is 51.4 Å². The van der Waals surface area contributed by atoms with Gasteiger partial charge in [0, 0.05) is 43.5 Å². The van der Waals surface area contributed by atoms with Crippen molar-refractivity contribution in [1.29, 1.82) is 0 Å². The number of nitro benzene ring substituents is 1. The first-order valence-corrected chi connectivity index (χ1v) is 23.8. The molecule has 2 fully saturated rings. The zero-order valence-corrected chi connectivity index (χ0v) is 40.1. The second-order valence-electron chi connectivity index (χ2n) is 16.8. The average Bonchev–Trinajstić information content (AvgIpc) is 3.60. The number of carbonyl (C=O) groups excluding carboxylic acids is 5. The second-order valence-corrected chi connectivity index (χ2v) is 18.1. The van der Waals surface area contributed by atoms with Crippen molar-refractivity contribution in [3.8, 4) is 17.4 Å². The van der Waals surface area contributed by atoms with E-state index in [9.17, 15) is 34.1 Å². The van der Waals surface area contributed by atoms with Gasteiger partial charge in [0.1, 0.15) is 19.3 Å². The number of methoxy groups -OCH3 is 2. The Labute approximate surface area is 410 Å². The maximum atomic E-state index is 14.4. The fraction of sp³-hybridized carbons (Fsp3) is 0.500. The largest absolute Gasteiger partial charge is 0.493 e. The lowest BCUT2D eigenvalue weighted by molar-refractivity contribution is -0.385. The molecule has 2 aromatic carbocycles. The van der Waals surface area contributed by atoms with E-state index in [0.717, 1.165) is 47.1 Å². The number of hydrogen-bond donors (Lipinski definition) is 7. The van der Waals surface area contributed by atoms with Crippen LogP contribution in [-0.4, -0.2) is 142 Å². The van der Waals surface area contributed by atoms with Gasteiger partial charge in [-0.05, 0) is 37.0 Å². The number of benzene rings is 2. The van der Waals surface area contributed by atoms with Crippen molar-refractivity contribution in [3.05, 3.63) is 69.5 Å². The van der Waals surface area contributed by atoms with Crippen molar-refractivity contribution in [3.63, 3.8) is 0 Å². The van der Waals surface area contributed by atoms with Crippen molar-refractivity contribution in [2.75, 3.05) is 65.2 Å². The molecule has 0 bridgehead atoms. The van der Waals surface area contributed by atoms with Crippen LogP contribution >= 0.6 is 11.8 Å². The first-order valence-electron chi connectivity index (χ1n) is 22.8. The van der Waals surface area contributed by atoms with E-state index < -0.39 is 52.7 Å². The number of imidazole rings is 1. The number of fused-ring (bicyclic) bond motifs is 2. The Morgan fingerprint density at radius 3 is 2.51 bits per heavy atom. The number of nitrogen functional groups attached to an aromatic ring is 1. The van der Waals surface area contributed by atoms with Crippen LogP contribution in [0.1, 0.15) is 61.8 Å². The molecule has 4 atom stereocenters. The van der Waals surface area contributed by atoms with E-state index in [1.165, 1.54) is 26.6 Å². The van der Waals surface area contributed by atoms with Crippen LogP contribution in [0.4, 0.5) is 21.2 Å². The molecule has 2 aromatic heterocycles. The first-order chi connectivity index (χ1) is 34.2. The molecule has 0 aliphatic carbocycles. The standard InChI is InChI=1S/C44H56N14O12S/c1-44(55-56-44)12-11-34(60)57(14-15-68-16-17-69-43(63)46-13-5-4-6-32-35-28(23-71-32)51-42(62)52-35)37(27-18-30(66-2)31(67-3)19-29(27)58(64)65)39(61)48-21-33(59)47-20-25-7-9-26(10-8-25)22-70-40-36-38(50-24-49-36)53-41(45)54-40/h7-10,18-19,24,28,32,35,37H,4-6,11-17,20-23H2,1-3H3,(H,46,63)(H,47,59)(H,48,61)(H2,51,52,62)(H3,45,49,50,53,54). The first kappa shape index (κ1) is 51.3. The zero-order chi connectivity index (χ0) is 50.5. The summed E-state index contributed by atoms with van der Waals surface area (Å²) in [5, 5.41) is 34.8. The van der Waals surface area contributed by atoms with E-state index in [0.29, 0.717) is 23.0 Å². The molecule has 71 heavy (non-hydrogen) atoms. The van der Waals surface area contributed by atoms with Gasteiger partial charge in [-0.3, -0.25) is 24.5 Å². The predicted molar refractivity (Wildman–Crippen MR) is 254 cm³/mol. The van der Waals surface area contributed by atoms with Crippen molar-refractivity contribution in [2.45, 2.75) is 81.2 Å². The number of nitrogens with zero attached hydrogens (tertiary/aromatic N) is 7. The van der Waals surface area contributed by atoms with Gasteiger partial charge in [-0.15, -0.1) is 0 Å². The number of ether oxygens (including phenoxy) is 5. The monoisotopic (exact) mass is 1000 g/mol. The predicted octanol–water partition coefficient (Wildman–Crippen LogP) is 2.78. The molecule has 3 aliphatic heterocycles. The summed E-state index contributed by atoms with van der Waals surface area (Å²) in [7, 11) is 2.61. The van der Waals surface area contributed by atoms with Crippen LogP contribution in [0.2, 0.25) is 0 Å². The smallest absolute Gasteiger partial charge is 0.407 e. The number of nitro groups is 1. The summed E-state index contributed by atoms with van der Waals surface area (Å²) in [5.74, 6) is -0.929. The number of anilines is 1. The number of aromatic nitrogens is 4.